The average molecular weight is 265 g/mol. The van der Waals surface area contributed by atoms with Crippen LogP contribution in [0.25, 0.3) is 0 Å². The van der Waals surface area contributed by atoms with E-state index in [0.717, 1.165) is 17.4 Å². The Morgan fingerprint density at radius 1 is 1.53 bits per heavy atom. The van der Waals surface area contributed by atoms with Crippen LogP contribution in [0.1, 0.15) is 13.3 Å². The zero-order chi connectivity index (χ0) is 10.8. The molecule has 78 valence electrons. The molecule has 2 atom stereocenters. The highest BCUT2D eigenvalue weighted by Gasteiger charge is 2.30. The number of halogens is 1. The SMILES string of the molecule is CC1C(C#N)CCN1c1cccc(Br)c1. The summed E-state index contributed by atoms with van der Waals surface area (Å²) in [7, 11) is 0. The quantitative estimate of drug-likeness (QED) is 0.779. The number of nitrogens with zero attached hydrogens (tertiary/aromatic N) is 2. The van der Waals surface area contributed by atoms with E-state index in [1.807, 2.05) is 12.1 Å². The molecule has 0 spiro atoms. The van der Waals surface area contributed by atoms with Gasteiger partial charge in [-0.2, -0.15) is 5.26 Å². The molecule has 15 heavy (non-hydrogen) atoms. The van der Waals surface area contributed by atoms with Crippen molar-refractivity contribution >= 4 is 21.6 Å². The Bertz CT molecular complexity index is 397. The highest BCUT2D eigenvalue weighted by molar-refractivity contribution is 9.10. The summed E-state index contributed by atoms with van der Waals surface area (Å²) in [4.78, 5) is 2.30. The number of nitriles is 1. The molecule has 0 N–H and O–H groups in total. The van der Waals surface area contributed by atoms with Gasteiger partial charge in [0.05, 0.1) is 12.0 Å². The molecule has 0 aliphatic carbocycles. The third-order valence-corrected chi connectivity index (χ3v) is 3.55. The molecular formula is C12H13BrN2. The van der Waals surface area contributed by atoms with Crippen LogP contribution in [0, 0.1) is 17.2 Å². The lowest BCUT2D eigenvalue weighted by Crippen LogP contribution is -2.29. The van der Waals surface area contributed by atoms with E-state index in [4.69, 9.17) is 5.26 Å². The molecule has 1 aliphatic heterocycles. The van der Waals surface area contributed by atoms with Crippen molar-refractivity contribution in [2.75, 3.05) is 11.4 Å². The Morgan fingerprint density at radius 3 is 2.93 bits per heavy atom. The van der Waals surface area contributed by atoms with Crippen LogP contribution in [0.3, 0.4) is 0 Å². The Morgan fingerprint density at radius 2 is 2.33 bits per heavy atom. The summed E-state index contributed by atoms with van der Waals surface area (Å²) in [5, 5.41) is 8.97. The fourth-order valence-corrected chi connectivity index (χ4v) is 2.52. The van der Waals surface area contributed by atoms with E-state index in [-0.39, 0.29) is 5.92 Å². The first-order valence-electron chi connectivity index (χ1n) is 5.14. The van der Waals surface area contributed by atoms with Gasteiger partial charge in [-0.25, -0.2) is 0 Å². The van der Waals surface area contributed by atoms with Gasteiger partial charge in [-0.3, -0.25) is 0 Å². The second kappa shape index (κ2) is 4.24. The minimum atomic E-state index is 0.170. The molecule has 0 amide bonds. The van der Waals surface area contributed by atoms with E-state index < -0.39 is 0 Å². The van der Waals surface area contributed by atoms with Crippen LogP contribution in [0.15, 0.2) is 28.7 Å². The Labute approximate surface area is 98.6 Å². The summed E-state index contributed by atoms with van der Waals surface area (Å²) >= 11 is 3.47. The highest BCUT2D eigenvalue weighted by Crippen LogP contribution is 2.30. The van der Waals surface area contributed by atoms with Gasteiger partial charge in [-0.15, -0.1) is 0 Å². The number of hydrogen-bond acceptors (Lipinski definition) is 2. The van der Waals surface area contributed by atoms with Gasteiger partial charge in [0.15, 0.2) is 0 Å². The minimum Gasteiger partial charge on any atom is -0.367 e. The summed E-state index contributed by atoms with van der Waals surface area (Å²) in [6.07, 6.45) is 0.976. The predicted octanol–water partition coefficient (Wildman–Crippen LogP) is 3.19. The molecule has 2 unspecified atom stereocenters. The van der Waals surface area contributed by atoms with E-state index in [2.05, 4.69) is 46.0 Å². The summed E-state index contributed by atoms with van der Waals surface area (Å²) in [5.41, 5.74) is 1.20. The molecule has 2 nitrogen and oxygen atoms in total. The average Bonchev–Trinajstić information content (AvgIpc) is 2.59. The molecule has 0 saturated carbocycles. The van der Waals surface area contributed by atoms with Crippen LogP contribution in [0.2, 0.25) is 0 Å². The van der Waals surface area contributed by atoms with Crippen molar-refractivity contribution in [2.24, 2.45) is 5.92 Å². The Balaban J connectivity index is 2.23. The zero-order valence-corrected chi connectivity index (χ0v) is 10.2. The fraction of sp³-hybridized carbons (Fsp3) is 0.417. The Hall–Kier alpha value is -1.01. The van der Waals surface area contributed by atoms with Crippen molar-refractivity contribution in [3.63, 3.8) is 0 Å². The molecule has 2 rings (SSSR count). The number of anilines is 1. The van der Waals surface area contributed by atoms with Crippen LogP contribution in [-0.4, -0.2) is 12.6 Å². The van der Waals surface area contributed by atoms with Crippen molar-refractivity contribution in [1.29, 1.82) is 5.26 Å². The number of hydrogen-bond donors (Lipinski definition) is 0. The van der Waals surface area contributed by atoms with Gasteiger partial charge in [-0.1, -0.05) is 22.0 Å². The second-order valence-corrected chi connectivity index (χ2v) is 4.85. The molecule has 1 fully saturated rings. The third-order valence-electron chi connectivity index (χ3n) is 3.06. The lowest BCUT2D eigenvalue weighted by Gasteiger charge is -2.24. The van der Waals surface area contributed by atoms with Gasteiger partial charge in [0, 0.05) is 22.7 Å². The second-order valence-electron chi connectivity index (χ2n) is 3.94. The predicted molar refractivity (Wildman–Crippen MR) is 64.7 cm³/mol. The van der Waals surface area contributed by atoms with Crippen LogP contribution in [-0.2, 0) is 0 Å². The van der Waals surface area contributed by atoms with Crippen LogP contribution < -0.4 is 4.90 Å². The largest absolute Gasteiger partial charge is 0.367 e. The monoisotopic (exact) mass is 264 g/mol. The summed E-state index contributed by atoms with van der Waals surface area (Å²) in [6, 6.07) is 11.0. The first kappa shape index (κ1) is 10.5. The molecule has 1 heterocycles. The lowest BCUT2D eigenvalue weighted by molar-refractivity contribution is 0.615. The molecule has 1 aliphatic rings. The van der Waals surface area contributed by atoms with Gasteiger partial charge >= 0.3 is 0 Å². The van der Waals surface area contributed by atoms with Gasteiger partial charge in [0.2, 0.25) is 0 Å². The third kappa shape index (κ3) is 2.00. The van der Waals surface area contributed by atoms with Crippen LogP contribution >= 0.6 is 15.9 Å². The maximum Gasteiger partial charge on any atom is 0.0681 e. The van der Waals surface area contributed by atoms with Crippen molar-refractivity contribution in [3.8, 4) is 6.07 Å². The lowest BCUT2D eigenvalue weighted by atomic mass is 10.0. The van der Waals surface area contributed by atoms with Crippen molar-refractivity contribution in [2.45, 2.75) is 19.4 Å². The maximum atomic E-state index is 8.97. The summed E-state index contributed by atoms with van der Waals surface area (Å²) < 4.78 is 1.09. The molecule has 3 heteroatoms. The minimum absolute atomic E-state index is 0.170. The van der Waals surface area contributed by atoms with Gasteiger partial charge < -0.3 is 4.90 Å². The molecule has 1 aromatic rings. The van der Waals surface area contributed by atoms with Gasteiger partial charge in [-0.05, 0) is 31.5 Å². The topological polar surface area (TPSA) is 27.0 Å². The smallest absolute Gasteiger partial charge is 0.0681 e. The maximum absolute atomic E-state index is 8.97. The summed E-state index contributed by atoms with van der Waals surface area (Å²) in [6.45, 7) is 3.11. The normalized spacial score (nSPS) is 25.3. The first-order valence-corrected chi connectivity index (χ1v) is 5.93. The van der Waals surface area contributed by atoms with E-state index in [0.29, 0.717) is 6.04 Å². The van der Waals surface area contributed by atoms with E-state index in [9.17, 15) is 0 Å². The van der Waals surface area contributed by atoms with Crippen molar-refractivity contribution in [3.05, 3.63) is 28.7 Å². The van der Waals surface area contributed by atoms with Crippen molar-refractivity contribution < 1.29 is 0 Å². The zero-order valence-electron chi connectivity index (χ0n) is 8.65. The molecule has 0 bridgehead atoms. The molecule has 1 saturated heterocycles. The van der Waals surface area contributed by atoms with Crippen molar-refractivity contribution in [1.82, 2.24) is 0 Å². The number of benzene rings is 1. The van der Waals surface area contributed by atoms with Gasteiger partial charge in [0.1, 0.15) is 0 Å². The molecule has 1 aromatic carbocycles. The van der Waals surface area contributed by atoms with Crippen LogP contribution in [0.4, 0.5) is 5.69 Å². The molecular weight excluding hydrogens is 252 g/mol. The van der Waals surface area contributed by atoms with E-state index in [1.165, 1.54) is 5.69 Å². The Kier molecular flexibility index (Phi) is 2.97. The molecule has 0 aromatic heterocycles. The summed E-state index contributed by atoms with van der Waals surface area (Å²) in [5.74, 6) is 0.170. The van der Waals surface area contributed by atoms with Gasteiger partial charge in [0.25, 0.3) is 0 Å². The molecule has 0 radical (unpaired) electrons. The highest BCUT2D eigenvalue weighted by atomic mass is 79.9. The fourth-order valence-electron chi connectivity index (χ4n) is 2.13. The standard InChI is InChI=1S/C12H13BrN2/c1-9-10(8-14)5-6-15(9)12-4-2-3-11(13)7-12/h2-4,7,9-10H,5-6H2,1H3. The van der Waals surface area contributed by atoms with Crippen LogP contribution in [0.5, 0.6) is 0 Å². The first-order chi connectivity index (χ1) is 7.22. The van der Waals surface area contributed by atoms with E-state index in [1.54, 1.807) is 0 Å². The number of rotatable bonds is 1. The van der Waals surface area contributed by atoms with E-state index >= 15 is 0 Å².